The Labute approximate surface area is 111 Å². The number of amides is 1. The number of hydrogen-bond acceptors (Lipinski definition) is 3. The molecule has 1 amide bonds. The van der Waals surface area contributed by atoms with Crippen LogP contribution in [0, 0.1) is 0 Å². The highest BCUT2D eigenvalue weighted by molar-refractivity contribution is 5.68. The van der Waals surface area contributed by atoms with Gasteiger partial charge in [-0.25, -0.2) is 4.79 Å². The Hall–Kier alpha value is -0.770. The summed E-state index contributed by atoms with van der Waals surface area (Å²) in [5, 5.41) is 2.97. The second kappa shape index (κ2) is 6.41. The van der Waals surface area contributed by atoms with Gasteiger partial charge in [-0.15, -0.1) is 0 Å². The van der Waals surface area contributed by atoms with Crippen LogP contribution in [0.15, 0.2) is 0 Å². The Kier molecular flexibility index (Phi) is 5.45. The zero-order valence-corrected chi connectivity index (χ0v) is 12.5. The van der Waals surface area contributed by atoms with Gasteiger partial charge >= 0.3 is 6.09 Å². The maximum absolute atomic E-state index is 11.7. The molecule has 0 radical (unpaired) electrons. The summed E-state index contributed by atoms with van der Waals surface area (Å²) in [4.78, 5) is 14.1. The number of hydrogen-bond donors (Lipinski definition) is 1. The first-order chi connectivity index (χ1) is 8.31. The lowest BCUT2D eigenvalue weighted by Gasteiger charge is -2.36. The maximum atomic E-state index is 11.7. The van der Waals surface area contributed by atoms with Crippen LogP contribution in [-0.2, 0) is 4.74 Å². The molecule has 1 unspecified atom stereocenters. The predicted molar refractivity (Wildman–Crippen MR) is 73.7 cm³/mol. The highest BCUT2D eigenvalue weighted by atomic mass is 16.6. The number of nitrogens with one attached hydrogen (secondary N) is 1. The minimum Gasteiger partial charge on any atom is -0.444 e. The number of carbonyl (C=O) groups is 1. The van der Waals surface area contributed by atoms with Crippen LogP contribution in [0.2, 0.25) is 0 Å². The minimum atomic E-state index is -0.415. The predicted octanol–water partition coefficient (Wildman–Crippen LogP) is 2.77. The van der Waals surface area contributed by atoms with Gasteiger partial charge in [0, 0.05) is 25.2 Å². The lowest BCUT2D eigenvalue weighted by molar-refractivity contribution is 0.0470. The summed E-state index contributed by atoms with van der Waals surface area (Å²) in [6.45, 7) is 12.3. The Morgan fingerprint density at radius 2 is 1.94 bits per heavy atom. The molecular formula is C14H28N2O2. The van der Waals surface area contributed by atoms with Gasteiger partial charge in [-0.2, -0.15) is 0 Å². The minimum absolute atomic E-state index is 0.264. The van der Waals surface area contributed by atoms with Crippen molar-refractivity contribution in [1.29, 1.82) is 0 Å². The fraction of sp³-hybridized carbons (Fsp3) is 0.929. The maximum Gasteiger partial charge on any atom is 0.407 e. The third kappa shape index (κ3) is 5.25. The normalized spacial score (nSPS) is 20.5. The molecule has 18 heavy (non-hydrogen) atoms. The summed E-state index contributed by atoms with van der Waals surface area (Å²) >= 11 is 0. The number of nitrogens with zero attached hydrogens (tertiary/aromatic N) is 1. The van der Waals surface area contributed by atoms with Crippen LogP contribution < -0.4 is 5.32 Å². The topological polar surface area (TPSA) is 41.6 Å². The molecule has 0 spiro atoms. The lowest BCUT2D eigenvalue weighted by Crippen LogP contribution is -2.48. The molecule has 1 aliphatic rings. The van der Waals surface area contributed by atoms with Crippen molar-refractivity contribution in [3.05, 3.63) is 0 Å². The first-order valence-corrected chi connectivity index (χ1v) is 7.05. The highest BCUT2D eigenvalue weighted by Gasteiger charge is 2.24. The largest absolute Gasteiger partial charge is 0.444 e. The number of piperidine rings is 1. The molecule has 0 saturated carbocycles. The van der Waals surface area contributed by atoms with Gasteiger partial charge in [-0.1, -0.05) is 6.92 Å². The monoisotopic (exact) mass is 256 g/mol. The van der Waals surface area contributed by atoms with Gasteiger partial charge in [0.05, 0.1) is 0 Å². The molecule has 1 N–H and O–H groups in total. The van der Waals surface area contributed by atoms with Gasteiger partial charge in [0.2, 0.25) is 0 Å². The van der Waals surface area contributed by atoms with E-state index in [1.807, 2.05) is 20.8 Å². The molecule has 0 aliphatic carbocycles. The first kappa shape index (κ1) is 15.3. The summed E-state index contributed by atoms with van der Waals surface area (Å²) in [5.74, 6) is 0. The molecule has 1 rings (SSSR count). The van der Waals surface area contributed by atoms with Crippen LogP contribution in [0.25, 0.3) is 0 Å². The second-order valence-electron chi connectivity index (χ2n) is 6.21. The molecule has 0 aromatic heterocycles. The van der Waals surface area contributed by atoms with Crippen molar-refractivity contribution in [3.63, 3.8) is 0 Å². The fourth-order valence-corrected chi connectivity index (χ4v) is 2.22. The number of likely N-dealkylation sites (tertiary alicyclic amines) is 1. The Morgan fingerprint density at radius 1 is 1.39 bits per heavy atom. The van der Waals surface area contributed by atoms with Crippen LogP contribution >= 0.6 is 0 Å². The molecule has 1 saturated heterocycles. The summed E-state index contributed by atoms with van der Waals surface area (Å²) < 4.78 is 5.27. The van der Waals surface area contributed by atoms with Crippen molar-refractivity contribution < 1.29 is 9.53 Å². The molecule has 1 atom stereocenters. The standard InChI is InChI=1S/C14H28N2O2/c1-6-11(2)16-9-7-12(8-10-16)15-13(17)18-14(3,4)5/h11-12H,6-10H2,1-5H3,(H,15,17). The first-order valence-electron chi connectivity index (χ1n) is 7.05. The van der Waals surface area contributed by atoms with Crippen LogP contribution in [0.4, 0.5) is 4.79 Å². The van der Waals surface area contributed by atoms with E-state index in [2.05, 4.69) is 24.1 Å². The van der Waals surface area contributed by atoms with Gasteiger partial charge in [-0.05, 0) is 47.0 Å². The zero-order chi connectivity index (χ0) is 13.8. The molecular weight excluding hydrogens is 228 g/mol. The van der Waals surface area contributed by atoms with E-state index in [9.17, 15) is 4.79 Å². The van der Waals surface area contributed by atoms with E-state index in [1.54, 1.807) is 0 Å². The smallest absolute Gasteiger partial charge is 0.407 e. The quantitative estimate of drug-likeness (QED) is 0.844. The number of rotatable bonds is 3. The van der Waals surface area contributed by atoms with Crippen LogP contribution in [-0.4, -0.2) is 41.8 Å². The van der Waals surface area contributed by atoms with Crippen molar-refractivity contribution in [3.8, 4) is 0 Å². The van der Waals surface area contributed by atoms with E-state index < -0.39 is 5.60 Å². The molecule has 4 nitrogen and oxygen atoms in total. The van der Waals surface area contributed by atoms with E-state index in [1.165, 1.54) is 6.42 Å². The Balaban J connectivity index is 2.29. The van der Waals surface area contributed by atoms with Gasteiger partial charge in [0.25, 0.3) is 0 Å². The van der Waals surface area contributed by atoms with Gasteiger partial charge in [0.15, 0.2) is 0 Å². The van der Waals surface area contributed by atoms with Gasteiger partial charge < -0.3 is 15.0 Å². The van der Waals surface area contributed by atoms with E-state index in [4.69, 9.17) is 4.74 Å². The fourth-order valence-electron chi connectivity index (χ4n) is 2.22. The van der Waals surface area contributed by atoms with Crippen molar-refractivity contribution in [1.82, 2.24) is 10.2 Å². The molecule has 0 aromatic rings. The molecule has 1 fully saturated rings. The van der Waals surface area contributed by atoms with Crippen molar-refractivity contribution in [2.75, 3.05) is 13.1 Å². The molecule has 106 valence electrons. The third-order valence-electron chi connectivity index (χ3n) is 3.46. The summed E-state index contributed by atoms with van der Waals surface area (Å²) in [6, 6.07) is 0.910. The average molecular weight is 256 g/mol. The van der Waals surface area contributed by atoms with Gasteiger partial charge in [0.1, 0.15) is 5.60 Å². The van der Waals surface area contributed by atoms with E-state index in [0.717, 1.165) is 25.9 Å². The van der Waals surface area contributed by atoms with Crippen molar-refractivity contribution in [2.24, 2.45) is 0 Å². The Morgan fingerprint density at radius 3 is 2.39 bits per heavy atom. The van der Waals surface area contributed by atoms with Crippen molar-refractivity contribution >= 4 is 6.09 Å². The number of alkyl carbamates (subject to hydrolysis) is 1. The van der Waals surface area contributed by atoms with Crippen LogP contribution in [0.5, 0.6) is 0 Å². The molecule has 0 bridgehead atoms. The Bertz CT molecular complexity index is 265. The molecule has 1 heterocycles. The SMILES string of the molecule is CCC(C)N1CCC(NC(=O)OC(C)(C)C)CC1. The summed E-state index contributed by atoms with van der Waals surface area (Å²) in [7, 11) is 0. The van der Waals surface area contributed by atoms with E-state index in [0.29, 0.717) is 6.04 Å². The molecule has 0 aromatic carbocycles. The van der Waals surface area contributed by atoms with Gasteiger partial charge in [-0.3, -0.25) is 0 Å². The highest BCUT2D eigenvalue weighted by Crippen LogP contribution is 2.15. The lowest BCUT2D eigenvalue weighted by atomic mass is 10.0. The molecule has 4 heteroatoms. The average Bonchev–Trinajstić information content (AvgIpc) is 2.26. The second-order valence-corrected chi connectivity index (χ2v) is 6.21. The number of carbonyl (C=O) groups excluding carboxylic acids is 1. The third-order valence-corrected chi connectivity index (χ3v) is 3.46. The summed E-state index contributed by atoms with van der Waals surface area (Å²) in [6.07, 6.45) is 2.93. The van der Waals surface area contributed by atoms with Crippen molar-refractivity contribution in [2.45, 2.75) is 71.6 Å². The molecule has 1 aliphatic heterocycles. The van der Waals surface area contributed by atoms with Crippen LogP contribution in [0.3, 0.4) is 0 Å². The zero-order valence-electron chi connectivity index (χ0n) is 12.5. The van der Waals surface area contributed by atoms with E-state index in [-0.39, 0.29) is 12.1 Å². The number of ether oxygens (including phenoxy) is 1. The van der Waals surface area contributed by atoms with Crippen LogP contribution in [0.1, 0.15) is 53.9 Å². The van der Waals surface area contributed by atoms with E-state index >= 15 is 0 Å². The summed E-state index contributed by atoms with van der Waals surface area (Å²) in [5.41, 5.74) is -0.415.